The first kappa shape index (κ1) is 14.9. The van der Waals surface area contributed by atoms with E-state index in [2.05, 4.69) is 10.3 Å². The number of amides is 1. The maximum atomic E-state index is 11.0. The van der Waals surface area contributed by atoms with Crippen LogP contribution in [0.1, 0.15) is 18.4 Å². The maximum absolute atomic E-state index is 11.0. The number of halogens is 2. The normalized spacial score (nSPS) is 10.9. The van der Waals surface area contributed by atoms with Crippen LogP contribution in [0.5, 0.6) is 0 Å². The quantitative estimate of drug-likeness (QED) is 0.756. The lowest BCUT2D eigenvalue weighted by Crippen LogP contribution is -2.05. The summed E-state index contributed by atoms with van der Waals surface area (Å²) in [6, 6.07) is 10.8. The third-order valence-electron chi connectivity index (χ3n) is 3.08. The summed E-state index contributed by atoms with van der Waals surface area (Å²) in [5, 5.41) is 3.69. The Hall–Kier alpha value is -2.04. The van der Waals surface area contributed by atoms with E-state index in [-0.39, 0.29) is 5.91 Å². The van der Waals surface area contributed by atoms with E-state index in [4.69, 9.17) is 27.6 Å². The van der Waals surface area contributed by atoms with E-state index in [0.717, 1.165) is 11.3 Å². The lowest BCUT2D eigenvalue weighted by molar-refractivity contribution is -0.114. The number of benzene rings is 2. The lowest BCUT2D eigenvalue weighted by atomic mass is 10.1. The number of hydrogen-bond acceptors (Lipinski definition) is 3. The molecule has 0 aliphatic carbocycles. The number of carbonyl (C=O) groups is 1. The molecule has 6 heteroatoms. The van der Waals surface area contributed by atoms with E-state index in [0.29, 0.717) is 33.5 Å². The van der Waals surface area contributed by atoms with Gasteiger partial charge >= 0.3 is 0 Å². The molecule has 0 unspecified atom stereocenters. The predicted octanol–water partition coefficient (Wildman–Crippen LogP) is 4.68. The molecule has 1 N–H and O–H groups in total. The van der Waals surface area contributed by atoms with Gasteiger partial charge in [0.05, 0.1) is 5.02 Å². The van der Waals surface area contributed by atoms with Crippen molar-refractivity contribution in [3.63, 3.8) is 0 Å². The monoisotopic (exact) mass is 334 g/mol. The molecule has 0 spiro atoms. The zero-order chi connectivity index (χ0) is 15.7. The Kier molecular flexibility index (Phi) is 4.05. The van der Waals surface area contributed by atoms with E-state index in [1.54, 1.807) is 12.1 Å². The van der Waals surface area contributed by atoms with E-state index in [9.17, 15) is 4.79 Å². The highest BCUT2D eigenvalue weighted by Gasteiger charge is 2.11. The summed E-state index contributed by atoms with van der Waals surface area (Å²) >= 11 is 12.0. The molecular formula is C16H12Cl2N2O2. The van der Waals surface area contributed by atoms with Gasteiger partial charge in [-0.2, -0.15) is 0 Å². The molecule has 0 saturated heterocycles. The third-order valence-corrected chi connectivity index (χ3v) is 3.58. The Morgan fingerprint density at radius 2 is 1.95 bits per heavy atom. The topological polar surface area (TPSA) is 55.1 Å². The minimum Gasteiger partial charge on any atom is -0.439 e. The highest BCUT2D eigenvalue weighted by molar-refractivity contribution is 6.37. The molecule has 0 atom stereocenters. The Morgan fingerprint density at radius 3 is 2.64 bits per heavy atom. The fraction of sp³-hybridized carbons (Fsp3) is 0.125. The van der Waals surface area contributed by atoms with E-state index >= 15 is 0 Å². The van der Waals surface area contributed by atoms with Crippen molar-refractivity contribution >= 4 is 45.9 Å². The molecule has 0 saturated carbocycles. The molecule has 22 heavy (non-hydrogen) atoms. The summed E-state index contributed by atoms with van der Waals surface area (Å²) in [5.74, 6) is 0.463. The highest BCUT2D eigenvalue weighted by Crippen LogP contribution is 2.29. The Bertz CT molecular complexity index is 841. The van der Waals surface area contributed by atoms with Crippen molar-refractivity contribution in [2.75, 3.05) is 5.32 Å². The van der Waals surface area contributed by atoms with Gasteiger partial charge in [0.15, 0.2) is 11.5 Å². The molecule has 1 aromatic heterocycles. The van der Waals surface area contributed by atoms with Crippen molar-refractivity contribution in [3.05, 3.63) is 57.9 Å². The van der Waals surface area contributed by atoms with Crippen molar-refractivity contribution in [1.29, 1.82) is 0 Å². The van der Waals surface area contributed by atoms with Crippen LogP contribution in [0.4, 0.5) is 5.69 Å². The molecule has 3 rings (SSSR count). The number of rotatable bonds is 3. The summed E-state index contributed by atoms with van der Waals surface area (Å²) in [4.78, 5) is 15.4. The first-order valence-electron chi connectivity index (χ1n) is 6.62. The molecule has 0 fully saturated rings. The van der Waals surface area contributed by atoms with Gasteiger partial charge in [0.1, 0.15) is 5.52 Å². The van der Waals surface area contributed by atoms with Gasteiger partial charge in [-0.05, 0) is 29.8 Å². The van der Waals surface area contributed by atoms with E-state index in [1.807, 2.05) is 24.3 Å². The number of nitrogens with zero attached hydrogens (tertiary/aromatic N) is 1. The third kappa shape index (κ3) is 3.24. The second-order valence-electron chi connectivity index (χ2n) is 4.90. The van der Waals surface area contributed by atoms with Crippen LogP contribution in [0, 0.1) is 0 Å². The molecule has 0 aliphatic heterocycles. The molecule has 0 aliphatic rings. The minimum absolute atomic E-state index is 0.0989. The lowest BCUT2D eigenvalue weighted by Gasteiger charge is -2.03. The van der Waals surface area contributed by atoms with Crippen LogP contribution in [0.3, 0.4) is 0 Å². The molecule has 2 aromatic carbocycles. The number of oxazole rings is 1. The number of carbonyl (C=O) groups excluding carboxylic acids is 1. The Balaban J connectivity index is 1.83. The van der Waals surface area contributed by atoms with Crippen LogP contribution in [0.25, 0.3) is 11.1 Å². The van der Waals surface area contributed by atoms with Crippen LogP contribution < -0.4 is 5.32 Å². The average molecular weight is 335 g/mol. The highest BCUT2D eigenvalue weighted by atomic mass is 35.5. The standard InChI is InChI=1S/C16H12Cl2N2O2/c1-9(21)19-12-4-2-10(3-5-12)6-15-20-14-8-11(17)7-13(18)16(14)22-15/h2-5,7-8H,6H2,1H3,(H,19,21). The SMILES string of the molecule is CC(=O)Nc1ccc(Cc2nc3cc(Cl)cc(Cl)c3o2)cc1. The smallest absolute Gasteiger partial charge is 0.221 e. The first-order chi connectivity index (χ1) is 10.5. The van der Waals surface area contributed by atoms with Crippen LogP contribution in [-0.2, 0) is 11.2 Å². The van der Waals surface area contributed by atoms with Gasteiger partial charge < -0.3 is 9.73 Å². The van der Waals surface area contributed by atoms with Gasteiger partial charge in [-0.1, -0.05) is 35.3 Å². The van der Waals surface area contributed by atoms with Gasteiger partial charge in [-0.15, -0.1) is 0 Å². The Labute approximate surface area is 137 Å². The van der Waals surface area contributed by atoms with Gasteiger partial charge in [-0.25, -0.2) is 4.98 Å². The fourth-order valence-corrected chi connectivity index (χ4v) is 2.69. The number of hydrogen-bond donors (Lipinski definition) is 1. The van der Waals surface area contributed by atoms with Crippen LogP contribution in [0.2, 0.25) is 10.0 Å². The average Bonchev–Trinajstić information content (AvgIpc) is 2.83. The molecule has 112 valence electrons. The van der Waals surface area contributed by atoms with Crippen LogP contribution in [-0.4, -0.2) is 10.9 Å². The van der Waals surface area contributed by atoms with Crippen molar-refractivity contribution < 1.29 is 9.21 Å². The number of aromatic nitrogens is 1. The summed E-state index contributed by atoms with van der Waals surface area (Å²) < 4.78 is 5.68. The molecule has 1 amide bonds. The molecular weight excluding hydrogens is 323 g/mol. The zero-order valence-electron chi connectivity index (χ0n) is 11.7. The maximum Gasteiger partial charge on any atom is 0.221 e. The molecule has 1 heterocycles. The fourth-order valence-electron chi connectivity index (χ4n) is 2.17. The summed E-state index contributed by atoms with van der Waals surface area (Å²) in [7, 11) is 0. The second kappa shape index (κ2) is 5.99. The van der Waals surface area contributed by atoms with Crippen molar-refractivity contribution in [3.8, 4) is 0 Å². The molecule has 0 radical (unpaired) electrons. The van der Waals surface area contributed by atoms with Gasteiger partial charge in [0.2, 0.25) is 5.91 Å². The minimum atomic E-state index is -0.0989. The number of anilines is 1. The summed E-state index contributed by atoms with van der Waals surface area (Å²) in [6.45, 7) is 1.47. The van der Waals surface area contributed by atoms with Gasteiger partial charge in [0, 0.05) is 24.1 Å². The van der Waals surface area contributed by atoms with Crippen molar-refractivity contribution in [2.45, 2.75) is 13.3 Å². The van der Waals surface area contributed by atoms with Crippen LogP contribution >= 0.6 is 23.2 Å². The largest absolute Gasteiger partial charge is 0.439 e. The van der Waals surface area contributed by atoms with E-state index < -0.39 is 0 Å². The summed E-state index contributed by atoms with van der Waals surface area (Å²) in [5.41, 5.74) is 2.95. The van der Waals surface area contributed by atoms with Crippen molar-refractivity contribution in [2.24, 2.45) is 0 Å². The zero-order valence-corrected chi connectivity index (χ0v) is 13.2. The summed E-state index contributed by atoms with van der Waals surface area (Å²) in [6.07, 6.45) is 0.531. The predicted molar refractivity (Wildman–Crippen MR) is 87.6 cm³/mol. The van der Waals surface area contributed by atoms with Gasteiger partial charge in [-0.3, -0.25) is 4.79 Å². The number of nitrogens with one attached hydrogen (secondary N) is 1. The first-order valence-corrected chi connectivity index (χ1v) is 7.38. The molecule has 0 bridgehead atoms. The van der Waals surface area contributed by atoms with Gasteiger partial charge in [0.25, 0.3) is 0 Å². The molecule has 4 nitrogen and oxygen atoms in total. The molecule has 3 aromatic rings. The Morgan fingerprint density at radius 1 is 1.23 bits per heavy atom. The van der Waals surface area contributed by atoms with Crippen molar-refractivity contribution in [1.82, 2.24) is 4.98 Å². The number of fused-ring (bicyclic) bond motifs is 1. The van der Waals surface area contributed by atoms with Crippen LogP contribution in [0.15, 0.2) is 40.8 Å². The second-order valence-corrected chi connectivity index (χ2v) is 5.74. The van der Waals surface area contributed by atoms with E-state index in [1.165, 1.54) is 6.92 Å².